The zero-order valence-electron chi connectivity index (χ0n) is 18.7. The molecule has 3 aromatic rings. The van der Waals surface area contributed by atoms with Crippen molar-refractivity contribution < 1.29 is 4.79 Å². The van der Waals surface area contributed by atoms with Gasteiger partial charge in [-0.2, -0.15) is 5.10 Å². The van der Waals surface area contributed by atoms with Gasteiger partial charge in [0.15, 0.2) is 5.82 Å². The predicted molar refractivity (Wildman–Crippen MR) is 128 cm³/mol. The maximum Gasteiger partial charge on any atom is 0.225 e. The van der Waals surface area contributed by atoms with Gasteiger partial charge in [0.05, 0.1) is 16.4 Å². The maximum absolute atomic E-state index is 13.2. The fourth-order valence-corrected chi connectivity index (χ4v) is 5.34. The highest BCUT2D eigenvalue weighted by Gasteiger charge is 2.31. The van der Waals surface area contributed by atoms with Crippen molar-refractivity contribution in [3.63, 3.8) is 0 Å². The van der Waals surface area contributed by atoms with Crippen molar-refractivity contribution in [2.24, 2.45) is 13.0 Å². The van der Waals surface area contributed by atoms with E-state index >= 15 is 0 Å². The second kappa shape index (κ2) is 8.62. The summed E-state index contributed by atoms with van der Waals surface area (Å²) in [6.07, 6.45) is 3.58. The number of carbonyl (C=O) groups excluding carboxylic acids is 1. The molecule has 0 saturated carbocycles. The third-order valence-corrected chi connectivity index (χ3v) is 7.17. The van der Waals surface area contributed by atoms with E-state index in [0.29, 0.717) is 5.91 Å². The lowest BCUT2D eigenvalue weighted by molar-refractivity contribution is -0.136. The summed E-state index contributed by atoms with van der Waals surface area (Å²) in [5.41, 5.74) is 3.15. The molecule has 4 heterocycles. The van der Waals surface area contributed by atoms with Crippen molar-refractivity contribution in [3.8, 4) is 0 Å². The molecule has 0 spiro atoms. The number of piperazine rings is 1. The van der Waals surface area contributed by atoms with Gasteiger partial charge in [0.1, 0.15) is 5.52 Å². The molecular formula is C24H29ClN6O. The van der Waals surface area contributed by atoms with Gasteiger partial charge < -0.3 is 14.7 Å². The number of aryl methyl sites for hydroxylation is 2. The summed E-state index contributed by atoms with van der Waals surface area (Å²) in [4.78, 5) is 24.5. The number of pyridine rings is 1. The molecule has 2 aliphatic heterocycles. The van der Waals surface area contributed by atoms with Crippen LogP contribution in [0, 0.1) is 12.8 Å². The van der Waals surface area contributed by atoms with Crippen molar-refractivity contribution in [2.75, 3.05) is 49.1 Å². The summed E-state index contributed by atoms with van der Waals surface area (Å²) in [6, 6.07) is 9.95. The molecule has 2 aliphatic rings. The number of hydrogen-bond acceptors (Lipinski definition) is 5. The van der Waals surface area contributed by atoms with Gasteiger partial charge in [-0.15, -0.1) is 0 Å². The average Bonchev–Trinajstić information content (AvgIpc) is 3.13. The maximum atomic E-state index is 13.2. The first kappa shape index (κ1) is 21.1. The Bertz CT molecular complexity index is 1130. The van der Waals surface area contributed by atoms with Crippen molar-refractivity contribution in [3.05, 3.63) is 47.2 Å². The Kier molecular flexibility index (Phi) is 5.67. The SMILES string of the molecule is Cc1nn(C)c2c(N3CCC(C(=O)N4CCN(c5ccccc5Cl)CC4)CC3)nccc12. The Hall–Kier alpha value is -2.80. The first-order valence-electron chi connectivity index (χ1n) is 11.3. The van der Waals surface area contributed by atoms with Crippen LogP contribution in [0.3, 0.4) is 0 Å². The average molecular weight is 453 g/mol. The Balaban J connectivity index is 1.20. The highest BCUT2D eigenvalue weighted by Crippen LogP contribution is 2.31. The molecule has 1 amide bonds. The van der Waals surface area contributed by atoms with E-state index in [9.17, 15) is 4.79 Å². The monoisotopic (exact) mass is 452 g/mol. The van der Waals surface area contributed by atoms with Crippen LogP contribution < -0.4 is 9.80 Å². The number of anilines is 2. The third-order valence-electron chi connectivity index (χ3n) is 6.85. The van der Waals surface area contributed by atoms with Gasteiger partial charge in [0, 0.05) is 63.8 Å². The lowest BCUT2D eigenvalue weighted by Crippen LogP contribution is -2.51. The summed E-state index contributed by atoms with van der Waals surface area (Å²) < 4.78 is 1.92. The lowest BCUT2D eigenvalue weighted by atomic mass is 9.94. The number of nitrogens with zero attached hydrogens (tertiary/aromatic N) is 6. The molecule has 2 fully saturated rings. The van der Waals surface area contributed by atoms with E-state index < -0.39 is 0 Å². The smallest absolute Gasteiger partial charge is 0.225 e. The number of piperidine rings is 1. The first-order valence-corrected chi connectivity index (χ1v) is 11.7. The first-order chi connectivity index (χ1) is 15.5. The fourth-order valence-electron chi connectivity index (χ4n) is 5.09. The van der Waals surface area contributed by atoms with Crippen LogP contribution in [0.2, 0.25) is 5.02 Å². The Morgan fingerprint density at radius 3 is 2.44 bits per heavy atom. The molecule has 8 heteroatoms. The van der Waals surface area contributed by atoms with Crippen LogP contribution in [-0.2, 0) is 11.8 Å². The van der Waals surface area contributed by atoms with E-state index in [-0.39, 0.29) is 5.92 Å². The molecule has 0 bridgehead atoms. The second-order valence-corrected chi connectivity index (χ2v) is 9.17. The molecule has 168 valence electrons. The fraction of sp³-hybridized carbons (Fsp3) is 0.458. The van der Waals surface area contributed by atoms with E-state index in [1.165, 1.54) is 0 Å². The van der Waals surface area contributed by atoms with Crippen molar-refractivity contribution >= 4 is 39.9 Å². The Morgan fingerprint density at radius 2 is 1.72 bits per heavy atom. The van der Waals surface area contributed by atoms with E-state index in [4.69, 9.17) is 11.6 Å². The van der Waals surface area contributed by atoms with Crippen LogP contribution in [0.1, 0.15) is 18.5 Å². The number of amides is 1. The lowest BCUT2D eigenvalue weighted by Gasteiger charge is -2.39. The van der Waals surface area contributed by atoms with Gasteiger partial charge in [0.2, 0.25) is 5.91 Å². The van der Waals surface area contributed by atoms with Crippen LogP contribution in [-0.4, -0.2) is 64.8 Å². The third kappa shape index (κ3) is 3.79. The van der Waals surface area contributed by atoms with Crippen molar-refractivity contribution in [1.82, 2.24) is 19.7 Å². The molecule has 0 aliphatic carbocycles. The summed E-state index contributed by atoms with van der Waals surface area (Å²) >= 11 is 6.35. The predicted octanol–water partition coefficient (Wildman–Crippen LogP) is 3.50. The molecule has 0 atom stereocenters. The zero-order chi connectivity index (χ0) is 22.2. The second-order valence-electron chi connectivity index (χ2n) is 8.76. The summed E-state index contributed by atoms with van der Waals surface area (Å²) in [7, 11) is 1.97. The number of carbonyl (C=O) groups is 1. The van der Waals surface area contributed by atoms with Gasteiger partial charge in [-0.3, -0.25) is 9.48 Å². The Morgan fingerprint density at radius 1 is 1.00 bits per heavy atom. The van der Waals surface area contributed by atoms with E-state index in [1.54, 1.807) is 0 Å². The molecule has 5 rings (SSSR count). The number of halogens is 1. The molecule has 0 radical (unpaired) electrons. The van der Waals surface area contributed by atoms with Gasteiger partial charge in [-0.1, -0.05) is 23.7 Å². The van der Waals surface area contributed by atoms with Crippen LogP contribution >= 0.6 is 11.6 Å². The van der Waals surface area contributed by atoms with Gasteiger partial charge in [-0.05, 0) is 38.0 Å². The van der Waals surface area contributed by atoms with Gasteiger partial charge in [0.25, 0.3) is 0 Å². The Labute approximate surface area is 193 Å². The van der Waals surface area contributed by atoms with Crippen LogP contribution in [0.25, 0.3) is 10.9 Å². The van der Waals surface area contributed by atoms with Crippen LogP contribution in [0.5, 0.6) is 0 Å². The molecule has 32 heavy (non-hydrogen) atoms. The molecule has 2 aromatic heterocycles. The van der Waals surface area contributed by atoms with Crippen molar-refractivity contribution in [1.29, 1.82) is 0 Å². The molecule has 7 nitrogen and oxygen atoms in total. The molecule has 0 unspecified atom stereocenters. The summed E-state index contributed by atoms with van der Waals surface area (Å²) in [5, 5.41) is 6.48. The minimum absolute atomic E-state index is 0.0885. The van der Waals surface area contributed by atoms with Gasteiger partial charge >= 0.3 is 0 Å². The van der Waals surface area contributed by atoms with E-state index in [2.05, 4.69) is 19.9 Å². The number of benzene rings is 1. The van der Waals surface area contributed by atoms with E-state index in [1.807, 2.05) is 60.1 Å². The van der Waals surface area contributed by atoms with Crippen LogP contribution in [0.4, 0.5) is 11.5 Å². The topological polar surface area (TPSA) is 57.5 Å². The standard InChI is InChI=1S/C24H29ClN6O/c1-17-19-7-10-26-23(22(19)28(2)27-17)30-11-8-18(9-12-30)24(32)31-15-13-29(14-16-31)21-6-4-3-5-20(21)25/h3-7,10,18H,8-9,11-16H2,1-2H3. The number of hydrogen-bond donors (Lipinski definition) is 0. The normalized spacial score (nSPS) is 17.9. The number of rotatable bonds is 3. The minimum atomic E-state index is 0.0885. The molecule has 1 aromatic carbocycles. The molecule has 0 N–H and O–H groups in total. The zero-order valence-corrected chi connectivity index (χ0v) is 19.4. The highest BCUT2D eigenvalue weighted by atomic mass is 35.5. The highest BCUT2D eigenvalue weighted by molar-refractivity contribution is 6.33. The largest absolute Gasteiger partial charge is 0.367 e. The number of para-hydroxylation sites is 1. The van der Waals surface area contributed by atoms with E-state index in [0.717, 1.165) is 85.2 Å². The number of fused-ring (bicyclic) bond motifs is 1. The molecule has 2 saturated heterocycles. The summed E-state index contributed by atoms with van der Waals surface area (Å²) in [6.45, 7) is 6.85. The van der Waals surface area contributed by atoms with Crippen molar-refractivity contribution in [2.45, 2.75) is 19.8 Å². The van der Waals surface area contributed by atoms with Gasteiger partial charge in [-0.25, -0.2) is 4.98 Å². The summed E-state index contributed by atoms with van der Waals surface area (Å²) in [5.74, 6) is 1.36. The minimum Gasteiger partial charge on any atom is -0.367 e. The number of aromatic nitrogens is 3. The quantitative estimate of drug-likeness (QED) is 0.608. The molecular weight excluding hydrogens is 424 g/mol. The van der Waals surface area contributed by atoms with Crippen LogP contribution in [0.15, 0.2) is 36.5 Å².